The molecule has 1 saturated carbocycles. The van der Waals surface area contributed by atoms with Crippen molar-refractivity contribution in [1.29, 1.82) is 0 Å². The Balaban J connectivity index is 1.72. The third kappa shape index (κ3) is 5.31. The van der Waals surface area contributed by atoms with E-state index in [2.05, 4.69) is 15.0 Å². The Hall–Kier alpha value is -2.72. The molecule has 0 bridgehead atoms. The number of nitrogen functional groups attached to an aromatic ring is 1. The molecule has 0 spiro atoms. The molecule has 10 heteroatoms. The summed E-state index contributed by atoms with van der Waals surface area (Å²) in [4.78, 5) is 29.2. The molecule has 31 heavy (non-hydrogen) atoms. The first kappa shape index (κ1) is 23.0. The molecule has 4 N–H and O–H groups in total. The molecule has 0 aliphatic heterocycles. The zero-order chi connectivity index (χ0) is 22.8. The fraction of sp³-hybridized carbons (Fsp3) is 0.476. The summed E-state index contributed by atoms with van der Waals surface area (Å²) in [6.07, 6.45) is 3.09. The molecular weight excluding hydrogens is 418 g/mol. The van der Waals surface area contributed by atoms with E-state index in [0.717, 1.165) is 36.2 Å². The summed E-state index contributed by atoms with van der Waals surface area (Å²) < 4.78 is 29.0. The Labute approximate surface area is 182 Å². The van der Waals surface area contributed by atoms with Crippen molar-refractivity contribution in [2.24, 2.45) is 5.92 Å². The standard InChI is InChI=1S/C21H29N5O4S/c1-13-7-8-17(15(3)25-13)11-23-19(27)12-26-14(2)9-18(20(22)21(26)28)31(29,30)24-10-16-5-4-6-16/h7-9,16,24H,4-6,10-12,22H2,1-3H3,(H,23,27). The van der Waals surface area contributed by atoms with Crippen molar-refractivity contribution in [3.05, 3.63) is 51.2 Å². The Morgan fingerprint density at radius 3 is 2.58 bits per heavy atom. The molecule has 0 unspecified atom stereocenters. The van der Waals surface area contributed by atoms with Crippen LogP contribution in [-0.4, -0.2) is 30.4 Å². The van der Waals surface area contributed by atoms with Crippen molar-refractivity contribution in [2.45, 2.75) is 58.0 Å². The van der Waals surface area contributed by atoms with Crippen molar-refractivity contribution in [3.63, 3.8) is 0 Å². The van der Waals surface area contributed by atoms with Gasteiger partial charge < -0.3 is 15.6 Å². The van der Waals surface area contributed by atoms with E-state index in [-0.39, 0.29) is 23.9 Å². The van der Waals surface area contributed by atoms with E-state index in [1.165, 1.54) is 10.6 Å². The van der Waals surface area contributed by atoms with Crippen LogP contribution < -0.4 is 21.3 Å². The van der Waals surface area contributed by atoms with Gasteiger partial charge in [-0.2, -0.15) is 0 Å². The van der Waals surface area contributed by atoms with Crippen LogP contribution in [0.5, 0.6) is 0 Å². The number of rotatable bonds is 8. The number of amides is 1. The molecule has 0 radical (unpaired) electrons. The Kier molecular flexibility index (Phi) is 6.80. The molecule has 1 fully saturated rings. The van der Waals surface area contributed by atoms with E-state index >= 15 is 0 Å². The summed E-state index contributed by atoms with van der Waals surface area (Å²) in [6.45, 7) is 5.68. The number of carbonyl (C=O) groups excluding carboxylic acids is 1. The smallest absolute Gasteiger partial charge is 0.275 e. The minimum atomic E-state index is -3.90. The highest BCUT2D eigenvalue weighted by molar-refractivity contribution is 7.89. The molecule has 0 atom stereocenters. The Morgan fingerprint density at radius 2 is 1.97 bits per heavy atom. The average molecular weight is 448 g/mol. The SMILES string of the molecule is Cc1ccc(CNC(=O)Cn2c(C)cc(S(=O)(=O)NCC3CCC3)c(N)c2=O)c(C)n1. The lowest BCUT2D eigenvalue weighted by Gasteiger charge is -2.25. The topological polar surface area (TPSA) is 136 Å². The van der Waals surface area contributed by atoms with E-state index in [1.54, 1.807) is 6.92 Å². The van der Waals surface area contributed by atoms with Crippen molar-refractivity contribution in [2.75, 3.05) is 12.3 Å². The molecular formula is C21H29N5O4S. The van der Waals surface area contributed by atoms with Gasteiger partial charge in [0.1, 0.15) is 17.1 Å². The van der Waals surface area contributed by atoms with Gasteiger partial charge in [-0.15, -0.1) is 0 Å². The predicted molar refractivity (Wildman–Crippen MR) is 118 cm³/mol. The Morgan fingerprint density at radius 1 is 1.26 bits per heavy atom. The lowest BCUT2D eigenvalue weighted by molar-refractivity contribution is -0.121. The second kappa shape index (κ2) is 9.19. The van der Waals surface area contributed by atoms with Gasteiger partial charge in [-0.05, 0) is 57.2 Å². The first-order valence-corrected chi connectivity index (χ1v) is 11.8. The summed E-state index contributed by atoms with van der Waals surface area (Å²) in [5.41, 5.74) is 7.71. The predicted octanol–water partition coefficient (Wildman–Crippen LogP) is 1.15. The van der Waals surface area contributed by atoms with E-state index in [9.17, 15) is 18.0 Å². The number of sulfonamides is 1. The quantitative estimate of drug-likeness (QED) is 0.555. The highest BCUT2D eigenvalue weighted by Gasteiger charge is 2.25. The van der Waals surface area contributed by atoms with Crippen LogP contribution >= 0.6 is 0 Å². The molecule has 0 aromatic carbocycles. The third-order valence-corrected chi connectivity index (χ3v) is 7.16. The summed E-state index contributed by atoms with van der Waals surface area (Å²) >= 11 is 0. The summed E-state index contributed by atoms with van der Waals surface area (Å²) in [5.74, 6) is -0.0585. The number of pyridine rings is 2. The molecule has 1 amide bonds. The van der Waals surface area contributed by atoms with Crippen LogP contribution in [0.3, 0.4) is 0 Å². The summed E-state index contributed by atoms with van der Waals surface area (Å²) in [6, 6.07) is 5.09. The number of hydrogen-bond acceptors (Lipinski definition) is 6. The van der Waals surface area contributed by atoms with Crippen LogP contribution in [0, 0.1) is 26.7 Å². The normalized spacial score (nSPS) is 14.3. The molecule has 2 aromatic rings. The molecule has 1 aliphatic carbocycles. The van der Waals surface area contributed by atoms with Crippen LogP contribution in [0.2, 0.25) is 0 Å². The number of hydrogen-bond donors (Lipinski definition) is 3. The fourth-order valence-corrected chi connectivity index (χ4v) is 4.79. The number of aryl methyl sites for hydroxylation is 3. The molecule has 3 rings (SSSR count). The lowest BCUT2D eigenvalue weighted by Crippen LogP contribution is -2.37. The van der Waals surface area contributed by atoms with Crippen LogP contribution in [0.1, 0.15) is 41.9 Å². The zero-order valence-electron chi connectivity index (χ0n) is 18.1. The molecule has 9 nitrogen and oxygen atoms in total. The minimum Gasteiger partial charge on any atom is -0.393 e. The first-order chi connectivity index (χ1) is 14.6. The zero-order valence-corrected chi connectivity index (χ0v) is 18.9. The van der Waals surface area contributed by atoms with Gasteiger partial charge in [0.25, 0.3) is 5.56 Å². The maximum Gasteiger partial charge on any atom is 0.275 e. The van der Waals surface area contributed by atoms with E-state index < -0.39 is 21.3 Å². The number of anilines is 1. The van der Waals surface area contributed by atoms with E-state index in [1.807, 2.05) is 26.0 Å². The molecule has 168 valence electrons. The van der Waals surface area contributed by atoms with E-state index in [4.69, 9.17) is 5.73 Å². The maximum atomic E-state index is 12.7. The lowest BCUT2D eigenvalue weighted by atomic mass is 9.86. The van der Waals surface area contributed by atoms with Crippen molar-refractivity contribution < 1.29 is 13.2 Å². The van der Waals surface area contributed by atoms with Gasteiger partial charge in [0, 0.05) is 30.2 Å². The van der Waals surface area contributed by atoms with Crippen LogP contribution in [0.25, 0.3) is 0 Å². The van der Waals surface area contributed by atoms with E-state index in [0.29, 0.717) is 18.2 Å². The van der Waals surface area contributed by atoms with Gasteiger partial charge >= 0.3 is 0 Å². The highest BCUT2D eigenvalue weighted by atomic mass is 32.2. The minimum absolute atomic E-state index is 0.243. The second-order valence-electron chi connectivity index (χ2n) is 8.08. The van der Waals surface area contributed by atoms with Crippen LogP contribution in [-0.2, 0) is 27.9 Å². The highest BCUT2D eigenvalue weighted by Crippen LogP contribution is 2.26. The van der Waals surface area contributed by atoms with Gasteiger partial charge in [0.05, 0.1) is 0 Å². The first-order valence-electron chi connectivity index (χ1n) is 10.3. The third-order valence-electron chi connectivity index (χ3n) is 5.70. The fourth-order valence-electron chi connectivity index (χ4n) is 3.47. The molecule has 2 heterocycles. The summed E-state index contributed by atoms with van der Waals surface area (Å²) in [5, 5.41) is 2.76. The molecule has 1 aliphatic rings. The van der Waals surface area contributed by atoms with Crippen LogP contribution in [0.15, 0.2) is 27.9 Å². The molecule has 0 saturated heterocycles. The average Bonchev–Trinajstić information content (AvgIpc) is 2.66. The number of carbonyl (C=O) groups is 1. The maximum absolute atomic E-state index is 12.7. The second-order valence-corrected chi connectivity index (χ2v) is 9.81. The van der Waals surface area contributed by atoms with Gasteiger partial charge in [-0.3, -0.25) is 14.6 Å². The number of aromatic nitrogens is 2. The van der Waals surface area contributed by atoms with Gasteiger partial charge in [0.15, 0.2) is 0 Å². The number of nitrogens with two attached hydrogens (primary N) is 1. The monoisotopic (exact) mass is 447 g/mol. The van der Waals surface area contributed by atoms with Gasteiger partial charge in [-0.1, -0.05) is 12.5 Å². The molecule has 2 aromatic heterocycles. The number of nitrogens with one attached hydrogen (secondary N) is 2. The Bertz CT molecular complexity index is 1150. The van der Waals surface area contributed by atoms with Gasteiger partial charge in [-0.25, -0.2) is 13.1 Å². The van der Waals surface area contributed by atoms with Crippen molar-refractivity contribution in [3.8, 4) is 0 Å². The van der Waals surface area contributed by atoms with Crippen LogP contribution in [0.4, 0.5) is 5.69 Å². The number of nitrogens with zero attached hydrogens (tertiary/aromatic N) is 2. The summed E-state index contributed by atoms with van der Waals surface area (Å²) in [7, 11) is -3.90. The van der Waals surface area contributed by atoms with Gasteiger partial charge in [0.2, 0.25) is 15.9 Å². The largest absolute Gasteiger partial charge is 0.393 e. The van der Waals surface area contributed by atoms with Crippen molar-refractivity contribution >= 4 is 21.6 Å². The van der Waals surface area contributed by atoms with Crippen molar-refractivity contribution in [1.82, 2.24) is 19.6 Å².